The van der Waals surface area contributed by atoms with Crippen molar-refractivity contribution < 1.29 is 37.1 Å². The molecule has 2 N–H and O–H groups in total. The Bertz CT molecular complexity index is 1320. The summed E-state index contributed by atoms with van der Waals surface area (Å²) in [5.41, 5.74) is 0.760. The van der Waals surface area contributed by atoms with Gasteiger partial charge < -0.3 is 19.7 Å². The van der Waals surface area contributed by atoms with E-state index < -0.39 is 63.1 Å². The smallest absolute Gasteiger partial charge is 0.416 e. The third-order valence-electron chi connectivity index (χ3n) is 7.51. The number of carbonyl (C=O) groups is 3. The van der Waals surface area contributed by atoms with Crippen LogP contribution in [-0.2, 0) is 25.2 Å². The van der Waals surface area contributed by atoms with Gasteiger partial charge >= 0.3 is 6.18 Å². The van der Waals surface area contributed by atoms with Gasteiger partial charge in [0.15, 0.2) is 6.10 Å². The first-order valence-corrected chi connectivity index (χ1v) is 16.8. The number of nitrogens with one attached hydrogen (secondary N) is 1. The minimum absolute atomic E-state index is 0.191. The molecule has 0 bridgehead atoms. The molecule has 3 rings (SSSR count). The third kappa shape index (κ3) is 9.02. The number of carbonyl (C=O) groups excluding carboxylic acids is 3. The van der Waals surface area contributed by atoms with E-state index in [0.29, 0.717) is 11.1 Å². The van der Waals surface area contributed by atoms with Crippen LogP contribution in [0.1, 0.15) is 38.8 Å². The van der Waals surface area contributed by atoms with Crippen LogP contribution in [-0.4, -0.2) is 79.2 Å². The van der Waals surface area contributed by atoms with E-state index in [1.807, 2.05) is 33.9 Å². The number of rotatable bonds is 11. The fourth-order valence-electron chi connectivity index (χ4n) is 5.14. The average molecular weight is 633 g/mol. The number of aliphatic hydroxyl groups is 1. The highest BCUT2D eigenvalue weighted by atomic mass is 28.3. The lowest BCUT2D eigenvalue weighted by molar-refractivity contribution is -0.212. The maximum Gasteiger partial charge on any atom is 0.416 e. The summed E-state index contributed by atoms with van der Waals surface area (Å²) in [6.07, 6.45) is -6.60. The van der Waals surface area contributed by atoms with Gasteiger partial charge in [0.1, 0.15) is 12.6 Å². The van der Waals surface area contributed by atoms with Gasteiger partial charge in [0.05, 0.1) is 11.7 Å². The summed E-state index contributed by atoms with van der Waals surface area (Å²) in [6.45, 7) is 10.6. The number of hydrogen-bond donors (Lipinski definition) is 2. The van der Waals surface area contributed by atoms with Crippen LogP contribution < -0.4 is 5.32 Å². The molecule has 0 saturated carbocycles. The van der Waals surface area contributed by atoms with Crippen molar-refractivity contribution in [3.63, 3.8) is 0 Å². The Morgan fingerprint density at radius 1 is 1.02 bits per heavy atom. The Morgan fingerprint density at radius 2 is 1.59 bits per heavy atom. The Hall–Kier alpha value is -3.48. The summed E-state index contributed by atoms with van der Waals surface area (Å²) in [4.78, 5) is 43.4. The van der Waals surface area contributed by atoms with E-state index >= 15 is 0 Å². The SMILES string of the molecule is CC(=O)N1C=C(c2ccccc2)N(CC(=O)NC(Cc2ccccc2)C(O)C(F)(F)F)C(=O)C1C(CO[Si](C)C)C(C)(C)C. The van der Waals surface area contributed by atoms with Crippen molar-refractivity contribution in [3.8, 4) is 0 Å². The van der Waals surface area contributed by atoms with Gasteiger partial charge in [-0.1, -0.05) is 81.4 Å². The molecule has 1 aliphatic heterocycles. The van der Waals surface area contributed by atoms with Gasteiger partial charge in [-0.2, -0.15) is 13.2 Å². The van der Waals surface area contributed by atoms with Crippen molar-refractivity contribution in [2.24, 2.45) is 11.3 Å². The zero-order chi connectivity index (χ0) is 32.8. The molecular weight excluding hydrogens is 591 g/mol. The number of benzene rings is 2. The summed E-state index contributed by atoms with van der Waals surface area (Å²) in [6, 6.07) is 14.1. The molecule has 0 aromatic heterocycles. The molecule has 0 aliphatic carbocycles. The maximum absolute atomic E-state index is 14.4. The number of alkyl halides is 3. The summed E-state index contributed by atoms with van der Waals surface area (Å²) in [5, 5.41) is 12.5. The maximum atomic E-state index is 14.4. The minimum Gasteiger partial charge on any atom is -0.417 e. The number of hydrogen-bond acceptors (Lipinski definition) is 5. The van der Waals surface area contributed by atoms with Crippen LogP contribution in [0.2, 0.25) is 13.1 Å². The molecular formula is C32H41F3N3O5Si. The van der Waals surface area contributed by atoms with Gasteiger partial charge in [-0.05, 0) is 36.1 Å². The second-order valence-electron chi connectivity index (χ2n) is 12.2. The van der Waals surface area contributed by atoms with Crippen LogP contribution in [0.25, 0.3) is 5.70 Å². The van der Waals surface area contributed by atoms with Crippen molar-refractivity contribution in [1.82, 2.24) is 15.1 Å². The number of aliphatic hydroxyl groups excluding tert-OH is 1. The van der Waals surface area contributed by atoms with Crippen molar-refractivity contribution in [3.05, 3.63) is 78.0 Å². The van der Waals surface area contributed by atoms with Crippen LogP contribution in [0.5, 0.6) is 0 Å². The second-order valence-corrected chi connectivity index (χ2v) is 14.3. The Kier molecular flexibility index (Phi) is 11.6. The molecule has 0 saturated heterocycles. The molecule has 0 fully saturated rings. The summed E-state index contributed by atoms with van der Waals surface area (Å²) >= 11 is 0. The molecule has 2 aromatic carbocycles. The molecule has 4 unspecified atom stereocenters. The molecule has 3 amide bonds. The minimum atomic E-state index is -4.99. The summed E-state index contributed by atoms with van der Waals surface area (Å²) in [5.74, 6) is -2.31. The number of nitrogens with zero attached hydrogens (tertiary/aromatic N) is 2. The van der Waals surface area contributed by atoms with Gasteiger partial charge in [-0.15, -0.1) is 0 Å². The molecule has 1 heterocycles. The van der Waals surface area contributed by atoms with E-state index in [1.54, 1.807) is 60.7 Å². The quantitative estimate of drug-likeness (QED) is 0.352. The van der Waals surface area contributed by atoms with E-state index in [4.69, 9.17) is 4.43 Å². The van der Waals surface area contributed by atoms with Gasteiger partial charge in [-0.3, -0.25) is 19.3 Å². The van der Waals surface area contributed by atoms with Crippen LogP contribution in [0, 0.1) is 11.3 Å². The van der Waals surface area contributed by atoms with Crippen LogP contribution in [0.3, 0.4) is 0 Å². The Labute approximate surface area is 258 Å². The molecule has 2 aromatic rings. The van der Waals surface area contributed by atoms with E-state index in [0.717, 1.165) is 0 Å². The fraction of sp³-hybridized carbons (Fsp3) is 0.469. The summed E-state index contributed by atoms with van der Waals surface area (Å²) < 4.78 is 46.9. The van der Waals surface area contributed by atoms with Gasteiger partial charge in [0.2, 0.25) is 20.9 Å². The molecule has 44 heavy (non-hydrogen) atoms. The van der Waals surface area contributed by atoms with Crippen molar-refractivity contribution in [2.45, 2.75) is 71.6 Å². The lowest BCUT2D eigenvalue weighted by Crippen LogP contribution is -2.60. The monoisotopic (exact) mass is 632 g/mol. The predicted molar refractivity (Wildman–Crippen MR) is 163 cm³/mol. The normalized spacial score (nSPS) is 18.1. The second kappa shape index (κ2) is 14.5. The van der Waals surface area contributed by atoms with E-state index in [2.05, 4.69) is 5.32 Å². The number of halogens is 3. The fourth-order valence-corrected chi connectivity index (χ4v) is 5.65. The molecule has 1 aliphatic rings. The molecule has 0 spiro atoms. The number of amides is 3. The van der Waals surface area contributed by atoms with Crippen molar-refractivity contribution in [1.29, 1.82) is 0 Å². The van der Waals surface area contributed by atoms with Crippen LogP contribution in [0.4, 0.5) is 13.2 Å². The van der Waals surface area contributed by atoms with Crippen LogP contribution >= 0.6 is 0 Å². The Balaban J connectivity index is 2.04. The highest BCUT2D eigenvalue weighted by Gasteiger charge is 2.48. The highest BCUT2D eigenvalue weighted by molar-refractivity contribution is 6.48. The lowest BCUT2D eigenvalue weighted by atomic mass is 9.75. The lowest BCUT2D eigenvalue weighted by Gasteiger charge is -2.46. The topological polar surface area (TPSA) is 99.2 Å². The van der Waals surface area contributed by atoms with E-state index in [9.17, 15) is 32.7 Å². The highest BCUT2D eigenvalue weighted by Crippen LogP contribution is 2.37. The first-order valence-electron chi connectivity index (χ1n) is 14.4. The first kappa shape index (κ1) is 35.0. The standard InChI is InChI=1S/C32H41F3N3O5Si/c1-21(39)37-18-26(23-15-11-8-12-16-23)38(30(42)28(37)24(31(2,3)4)20-43-44(5)6)19-27(40)36-25(29(41)32(33,34)35)17-22-13-9-7-10-14-22/h7-16,18,24-25,28-29,41H,17,19-20H2,1-6H3,(H,36,40). The van der Waals surface area contributed by atoms with Crippen LogP contribution in [0.15, 0.2) is 66.9 Å². The van der Waals surface area contributed by atoms with E-state index in [1.165, 1.54) is 22.9 Å². The van der Waals surface area contributed by atoms with Gasteiger partial charge in [0, 0.05) is 25.6 Å². The molecule has 1 radical (unpaired) electrons. The van der Waals surface area contributed by atoms with Crippen molar-refractivity contribution >= 4 is 32.5 Å². The van der Waals surface area contributed by atoms with Gasteiger partial charge in [0.25, 0.3) is 5.91 Å². The zero-order valence-corrected chi connectivity index (χ0v) is 26.9. The molecule has 12 heteroatoms. The summed E-state index contributed by atoms with van der Waals surface area (Å²) in [7, 11) is -1.15. The molecule has 4 atom stereocenters. The zero-order valence-electron chi connectivity index (χ0n) is 25.9. The van der Waals surface area contributed by atoms with Crippen molar-refractivity contribution in [2.75, 3.05) is 13.2 Å². The largest absolute Gasteiger partial charge is 0.417 e. The molecule has 8 nitrogen and oxygen atoms in total. The van der Waals surface area contributed by atoms with Gasteiger partial charge in [-0.25, -0.2) is 0 Å². The van der Waals surface area contributed by atoms with E-state index in [-0.39, 0.29) is 24.6 Å². The Morgan fingerprint density at radius 3 is 2.09 bits per heavy atom. The average Bonchev–Trinajstić information content (AvgIpc) is 2.93. The molecule has 239 valence electrons. The predicted octanol–water partition coefficient (Wildman–Crippen LogP) is 4.63. The first-order chi connectivity index (χ1) is 20.5. The third-order valence-corrected chi connectivity index (χ3v) is 8.26.